The molecule has 1 aromatic carbocycles. The minimum Gasteiger partial charge on any atom is -0.370 e. The Morgan fingerprint density at radius 2 is 2.04 bits per heavy atom. The monoisotopic (exact) mass is 392 g/mol. The first kappa shape index (κ1) is 19.6. The second-order valence-electron chi connectivity index (χ2n) is 5.35. The Labute approximate surface area is 151 Å². The largest absolute Gasteiger partial charge is 0.435 e. The van der Waals surface area contributed by atoms with Gasteiger partial charge in [0, 0.05) is 35.8 Å². The van der Waals surface area contributed by atoms with Gasteiger partial charge in [-0.2, -0.15) is 18.3 Å². The predicted molar refractivity (Wildman–Crippen MR) is 90.0 cm³/mol. The third kappa shape index (κ3) is 4.68. The van der Waals surface area contributed by atoms with E-state index in [2.05, 4.69) is 5.10 Å². The summed E-state index contributed by atoms with van der Waals surface area (Å²) in [5, 5.41) is 4.28. The lowest BCUT2D eigenvalue weighted by atomic mass is 10.0. The van der Waals surface area contributed by atoms with Crippen LogP contribution in [0.1, 0.15) is 29.3 Å². The molecule has 0 radical (unpaired) electrons. The minimum absolute atomic E-state index is 0.223. The number of aromatic nitrogens is 2. The zero-order valence-corrected chi connectivity index (χ0v) is 14.8. The Balaban J connectivity index is 2.40. The Morgan fingerprint density at radius 3 is 2.60 bits per heavy atom. The van der Waals surface area contributed by atoms with Gasteiger partial charge < -0.3 is 11.5 Å². The van der Waals surface area contributed by atoms with Gasteiger partial charge in [0.05, 0.1) is 5.03 Å². The first-order valence-electron chi connectivity index (χ1n) is 7.15. The second kappa shape index (κ2) is 7.67. The number of hydrogen-bond acceptors (Lipinski definition) is 4. The zero-order valence-electron chi connectivity index (χ0n) is 13.2. The van der Waals surface area contributed by atoms with E-state index in [9.17, 15) is 18.0 Å². The van der Waals surface area contributed by atoms with Crippen molar-refractivity contribution in [2.75, 3.05) is 0 Å². The molecule has 0 aliphatic heterocycles. The van der Waals surface area contributed by atoms with Crippen molar-refractivity contribution < 1.29 is 18.0 Å². The number of hydrogen-bond donors (Lipinski definition) is 2. The molecule has 10 heteroatoms. The number of thioether (sulfide) groups is 1. The van der Waals surface area contributed by atoms with Gasteiger partial charge in [-0.1, -0.05) is 29.8 Å². The van der Waals surface area contributed by atoms with Crippen LogP contribution in [0.4, 0.5) is 13.2 Å². The maximum Gasteiger partial charge on any atom is 0.435 e. The average Bonchev–Trinajstić information content (AvgIpc) is 2.83. The number of nitrogens with two attached hydrogens (primary N) is 2. The number of alkyl halides is 3. The number of carbonyl (C=O) groups excluding carboxylic acids is 1. The van der Waals surface area contributed by atoms with Crippen molar-refractivity contribution in [2.45, 2.75) is 29.4 Å². The van der Waals surface area contributed by atoms with Crippen molar-refractivity contribution >= 4 is 29.3 Å². The molecule has 0 aliphatic carbocycles. The molecule has 136 valence electrons. The summed E-state index contributed by atoms with van der Waals surface area (Å²) in [6, 6.07) is 5.82. The molecule has 0 saturated heterocycles. The van der Waals surface area contributed by atoms with Gasteiger partial charge in [0.1, 0.15) is 0 Å². The molecule has 0 aliphatic rings. The molecule has 2 aromatic rings. The van der Waals surface area contributed by atoms with Crippen LogP contribution >= 0.6 is 23.4 Å². The van der Waals surface area contributed by atoms with Gasteiger partial charge in [0.15, 0.2) is 5.69 Å². The number of primary amides is 1. The summed E-state index contributed by atoms with van der Waals surface area (Å²) in [7, 11) is 1.39. The Bertz CT molecular complexity index is 779. The summed E-state index contributed by atoms with van der Waals surface area (Å²) in [5.41, 5.74) is 10.3. The lowest BCUT2D eigenvalue weighted by molar-refractivity contribution is -0.142. The SMILES string of the molecule is Cn1nc(C(F)(F)F)c(C(N)CC(N)=O)c1SCc1ccccc1Cl. The number of aryl methyl sites for hydroxylation is 1. The van der Waals surface area contributed by atoms with Gasteiger partial charge in [-0.3, -0.25) is 9.48 Å². The molecule has 2 rings (SSSR count). The molecular weight excluding hydrogens is 377 g/mol. The summed E-state index contributed by atoms with van der Waals surface area (Å²) in [5.74, 6) is -0.459. The number of benzene rings is 1. The van der Waals surface area contributed by atoms with Crippen LogP contribution in [0.5, 0.6) is 0 Å². The highest BCUT2D eigenvalue weighted by Crippen LogP contribution is 2.40. The average molecular weight is 393 g/mol. The van der Waals surface area contributed by atoms with Crippen molar-refractivity contribution in [1.82, 2.24) is 9.78 Å². The van der Waals surface area contributed by atoms with E-state index in [-0.39, 0.29) is 10.6 Å². The van der Waals surface area contributed by atoms with Gasteiger partial charge >= 0.3 is 6.18 Å². The van der Waals surface area contributed by atoms with Gasteiger partial charge in [-0.25, -0.2) is 0 Å². The number of amides is 1. The summed E-state index contributed by atoms with van der Waals surface area (Å²) in [4.78, 5) is 11.1. The molecule has 1 heterocycles. The van der Waals surface area contributed by atoms with E-state index >= 15 is 0 Å². The van der Waals surface area contributed by atoms with E-state index in [4.69, 9.17) is 23.1 Å². The number of carbonyl (C=O) groups is 1. The second-order valence-corrected chi connectivity index (χ2v) is 6.72. The smallest absolute Gasteiger partial charge is 0.370 e. The van der Waals surface area contributed by atoms with Crippen LogP contribution in [-0.2, 0) is 23.8 Å². The summed E-state index contributed by atoms with van der Waals surface area (Å²) < 4.78 is 41.0. The Kier molecular flexibility index (Phi) is 6.02. The quantitative estimate of drug-likeness (QED) is 0.739. The van der Waals surface area contributed by atoms with Gasteiger partial charge in [-0.15, -0.1) is 11.8 Å². The van der Waals surface area contributed by atoms with E-state index in [0.717, 1.165) is 22.0 Å². The van der Waals surface area contributed by atoms with Gasteiger partial charge in [-0.05, 0) is 11.6 Å². The molecular formula is C15H16ClF3N4OS. The Morgan fingerprint density at radius 1 is 1.40 bits per heavy atom. The molecule has 25 heavy (non-hydrogen) atoms. The van der Waals surface area contributed by atoms with Crippen molar-refractivity contribution in [2.24, 2.45) is 18.5 Å². The van der Waals surface area contributed by atoms with E-state index in [1.807, 2.05) is 0 Å². The lowest BCUT2D eigenvalue weighted by Gasteiger charge is -2.14. The van der Waals surface area contributed by atoms with Crippen LogP contribution in [0.15, 0.2) is 29.3 Å². The molecule has 0 spiro atoms. The maximum atomic E-state index is 13.3. The van der Waals surface area contributed by atoms with E-state index in [1.165, 1.54) is 7.05 Å². The van der Waals surface area contributed by atoms with Crippen LogP contribution in [0, 0.1) is 0 Å². The molecule has 1 unspecified atom stereocenters. The minimum atomic E-state index is -4.69. The van der Waals surface area contributed by atoms with Crippen molar-refractivity contribution in [1.29, 1.82) is 0 Å². The topological polar surface area (TPSA) is 86.9 Å². The molecule has 1 atom stereocenters. The first-order chi connectivity index (χ1) is 11.6. The summed E-state index contributed by atoms with van der Waals surface area (Å²) in [6.07, 6.45) is -5.10. The molecule has 0 bridgehead atoms. The van der Waals surface area contributed by atoms with E-state index < -0.39 is 30.2 Å². The normalized spacial score (nSPS) is 13.0. The van der Waals surface area contributed by atoms with Crippen molar-refractivity contribution in [3.63, 3.8) is 0 Å². The zero-order chi connectivity index (χ0) is 18.8. The van der Waals surface area contributed by atoms with Crippen LogP contribution in [0.25, 0.3) is 0 Å². The third-order valence-electron chi connectivity index (χ3n) is 3.41. The lowest BCUT2D eigenvalue weighted by Crippen LogP contribution is -2.23. The molecule has 1 aromatic heterocycles. The van der Waals surface area contributed by atoms with Crippen LogP contribution < -0.4 is 11.5 Å². The molecule has 1 amide bonds. The summed E-state index contributed by atoms with van der Waals surface area (Å²) >= 11 is 7.19. The third-order valence-corrected chi connectivity index (χ3v) is 4.99. The first-order valence-corrected chi connectivity index (χ1v) is 8.51. The molecule has 4 N–H and O–H groups in total. The van der Waals surface area contributed by atoms with Gasteiger partial charge in [0.25, 0.3) is 0 Å². The van der Waals surface area contributed by atoms with Crippen LogP contribution in [0.3, 0.4) is 0 Å². The maximum absolute atomic E-state index is 13.3. The molecule has 5 nitrogen and oxygen atoms in total. The highest BCUT2D eigenvalue weighted by molar-refractivity contribution is 7.98. The highest BCUT2D eigenvalue weighted by Gasteiger charge is 2.40. The summed E-state index contributed by atoms with van der Waals surface area (Å²) in [6.45, 7) is 0. The fourth-order valence-corrected chi connectivity index (χ4v) is 3.78. The van der Waals surface area contributed by atoms with E-state index in [1.54, 1.807) is 24.3 Å². The van der Waals surface area contributed by atoms with Crippen LogP contribution in [0.2, 0.25) is 5.02 Å². The number of nitrogens with zero attached hydrogens (tertiary/aromatic N) is 2. The highest BCUT2D eigenvalue weighted by atomic mass is 35.5. The Hall–Kier alpha value is -1.71. The molecule has 0 saturated carbocycles. The standard InChI is InChI=1S/C15H16ClF3N4OS/c1-23-14(25-7-8-4-2-3-5-9(8)16)12(10(20)6-11(21)24)13(22-23)15(17,18)19/h2-5,10H,6-7,20H2,1H3,(H2,21,24). The fourth-order valence-electron chi connectivity index (χ4n) is 2.32. The predicted octanol–water partition coefficient (Wildman–Crippen LogP) is 3.26. The number of halogens is 4. The van der Waals surface area contributed by atoms with Crippen LogP contribution in [-0.4, -0.2) is 15.7 Å². The van der Waals surface area contributed by atoms with Gasteiger partial charge in [0.2, 0.25) is 5.91 Å². The fraction of sp³-hybridized carbons (Fsp3) is 0.333. The van der Waals surface area contributed by atoms with Crippen molar-refractivity contribution in [3.05, 3.63) is 46.1 Å². The number of rotatable bonds is 6. The van der Waals surface area contributed by atoms with Crippen molar-refractivity contribution in [3.8, 4) is 0 Å². The van der Waals surface area contributed by atoms with E-state index in [0.29, 0.717) is 10.8 Å². The molecule has 0 fully saturated rings.